The molecular formula is C46H73Br2Cl2N8O+. The lowest BCUT2D eigenvalue weighted by Crippen LogP contribution is -3.00. The van der Waals surface area contributed by atoms with E-state index in [9.17, 15) is 4.79 Å². The topological polar surface area (TPSA) is 100 Å². The van der Waals surface area contributed by atoms with Crippen molar-refractivity contribution in [1.82, 2.24) is 9.80 Å². The largest absolute Gasteiger partial charge is 1.00 e. The molecule has 3 rings (SSSR count). The molecule has 0 aliphatic carbocycles. The van der Waals surface area contributed by atoms with Gasteiger partial charge in [0.15, 0.2) is 0 Å². The molecule has 0 aromatic heterocycles. The Labute approximate surface area is 391 Å². The fourth-order valence-corrected chi connectivity index (χ4v) is 3.80. The van der Waals surface area contributed by atoms with Gasteiger partial charge in [0.05, 0.1) is 59.7 Å². The van der Waals surface area contributed by atoms with Gasteiger partial charge < -0.3 is 42.6 Å². The number of nitrogens with two attached hydrogens (primary N) is 2. The predicted octanol–water partition coefficient (Wildman–Crippen LogP) is 3.16. The maximum atomic E-state index is 10.0. The first kappa shape index (κ1) is 67.4. The second-order valence-corrected chi connectivity index (χ2v) is 14.5. The number of hydrogen-bond acceptors (Lipinski definition) is 7. The molecule has 9 nitrogen and oxygen atoms in total. The van der Waals surface area contributed by atoms with Gasteiger partial charge in [-0.1, -0.05) is 113 Å². The Morgan fingerprint density at radius 3 is 1.25 bits per heavy atom. The number of carbonyl (C=O) groups is 1. The van der Waals surface area contributed by atoms with E-state index in [0.29, 0.717) is 11.9 Å². The van der Waals surface area contributed by atoms with Crippen LogP contribution in [-0.4, -0.2) is 165 Å². The minimum absolute atomic E-state index is 0. The van der Waals surface area contributed by atoms with Crippen molar-refractivity contribution < 1.29 is 26.2 Å². The van der Waals surface area contributed by atoms with Crippen LogP contribution in [0.5, 0.6) is 0 Å². The Morgan fingerprint density at radius 2 is 0.983 bits per heavy atom. The molecule has 0 heterocycles. The average Bonchev–Trinajstić information content (AvgIpc) is 3.17. The second-order valence-electron chi connectivity index (χ2n) is 14.0. The number of aldehydes is 1. The number of carbonyl (C=O) groups excluding carboxylic acids is 1. The smallest absolute Gasteiger partial charge is 0.150 e. The summed E-state index contributed by atoms with van der Waals surface area (Å²) in [5.74, 6) is 7.64. The van der Waals surface area contributed by atoms with Crippen molar-refractivity contribution in [3.63, 3.8) is 0 Å². The number of rotatable bonds is 15. The van der Waals surface area contributed by atoms with Crippen LogP contribution in [0.2, 0.25) is 0 Å². The van der Waals surface area contributed by atoms with Gasteiger partial charge in [-0.05, 0) is 51.2 Å². The number of quaternary nitrogens is 2. The third kappa shape index (κ3) is 52.6. The maximum absolute atomic E-state index is 10.0. The third-order valence-electron chi connectivity index (χ3n) is 6.95. The van der Waals surface area contributed by atoms with Gasteiger partial charge in [0, 0.05) is 44.2 Å². The molecule has 0 spiro atoms. The van der Waals surface area contributed by atoms with E-state index in [-0.39, 0.29) is 41.8 Å². The molecule has 0 saturated carbocycles. The highest BCUT2D eigenvalue weighted by Gasteiger charge is 2.11. The number of likely N-dealkylation sites (N-methyl/N-ethyl adjacent to an activating group) is 4. The van der Waals surface area contributed by atoms with Crippen molar-refractivity contribution in [2.24, 2.45) is 21.5 Å². The zero-order chi connectivity index (χ0) is 42.9. The molecule has 3 aromatic rings. The molecule has 0 atom stereocenters. The van der Waals surface area contributed by atoms with E-state index in [1.165, 1.54) is 5.56 Å². The molecule has 0 fully saturated rings. The number of aliphatic imine (C=N–C) groups is 2. The van der Waals surface area contributed by atoms with Crippen LogP contribution in [0.3, 0.4) is 0 Å². The normalized spacial score (nSPS) is 9.80. The standard InChI is InChI=1S/C14H19N2.C11H16N2.C7H15N2.C7H6O.C4H12N2.C3H3Br.BrH.2ClH/c1-4-11-16(2,3)12-10-15-13-14-8-6-5-7-9-14;1-13(2)9-8-12-10-11-6-4-3-5-7-11;1-4-6-9(2,3)7-5-8;8-6-7-4-2-1-3-5-7;1-6(2)4-3-5;1-2-3-4;;;/h1,5-9,13H,10-12H2,2-3H3;3-7,10H,8-9H2,1-2H3;1H,5-8H2,2-3H3;1-6H;3-5H2,1-2H3;1H,3H2;3*1H/q+1;;+1;;;;;;/p-1. The molecule has 4 N–H and O–H groups in total. The summed E-state index contributed by atoms with van der Waals surface area (Å²) >= 11 is 3.01. The van der Waals surface area contributed by atoms with Crippen molar-refractivity contribution in [3.8, 4) is 37.0 Å². The molecule has 0 bridgehead atoms. The molecule has 59 heavy (non-hydrogen) atoms. The minimum atomic E-state index is 0. The van der Waals surface area contributed by atoms with Gasteiger partial charge >= 0.3 is 0 Å². The van der Waals surface area contributed by atoms with Gasteiger partial charge in [0.25, 0.3) is 0 Å². The molecule has 0 aliphatic rings. The first-order valence-electron chi connectivity index (χ1n) is 18.5. The quantitative estimate of drug-likeness (QED) is 0.0803. The van der Waals surface area contributed by atoms with Gasteiger partial charge in [-0.2, -0.15) is 0 Å². The van der Waals surface area contributed by atoms with Crippen molar-refractivity contribution in [1.29, 1.82) is 0 Å². The van der Waals surface area contributed by atoms with E-state index in [0.717, 1.165) is 85.3 Å². The molecule has 0 radical (unpaired) electrons. The number of nitrogens with zero attached hydrogens (tertiary/aromatic N) is 6. The van der Waals surface area contributed by atoms with E-state index in [2.05, 4.69) is 108 Å². The van der Waals surface area contributed by atoms with Crippen molar-refractivity contribution in [3.05, 3.63) is 108 Å². The lowest BCUT2D eigenvalue weighted by atomic mass is 10.2. The van der Waals surface area contributed by atoms with Crippen LogP contribution in [0.25, 0.3) is 0 Å². The van der Waals surface area contributed by atoms with Crippen LogP contribution in [0.1, 0.15) is 21.5 Å². The predicted molar refractivity (Wildman–Crippen MR) is 266 cm³/mol. The molecule has 0 saturated heterocycles. The van der Waals surface area contributed by atoms with Crippen molar-refractivity contribution >= 4 is 64.0 Å². The fourth-order valence-electron chi connectivity index (χ4n) is 3.80. The lowest BCUT2D eigenvalue weighted by molar-refractivity contribution is -0.881. The van der Waals surface area contributed by atoms with Crippen LogP contribution >= 0.6 is 45.3 Å². The number of halogens is 4. The SMILES string of the molecule is Br.C#CCBr.C#CC[N+](C)(C)CCN.C#CC[N+](C)(C)CCN=Cc1ccccc1.CN(C)CCN.CN(C)CCN=Cc1ccccc1.Cl.O=Cc1ccccc1.[Cl-]. The Bertz CT molecular complexity index is 1520. The van der Waals surface area contributed by atoms with Gasteiger partial charge in [0.1, 0.15) is 19.4 Å². The minimum Gasteiger partial charge on any atom is -1.00 e. The molecule has 330 valence electrons. The zero-order valence-corrected chi connectivity index (χ0v) is 41.6. The van der Waals surface area contributed by atoms with E-state index in [1.807, 2.05) is 93.3 Å². The van der Waals surface area contributed by atoms with E-state index >= 15 is 0 Å². The highest BCUT2D eigenvalue weighted by atomic mass is 79.9. The lowest BCUT2D eigenvalue weighted by Gasteiger charge is -2.26. The van der Waals surface area contributed by atoms with Crippen LogP contribution in [-0.2, 0) is 0 Å². The summed E-state index contributed by atoms with van der Waals surface area (Å²) in [4.78, 5) is 22.9. The van der Waals surface area contributed by atoms with Gasteiger partial charge in [-0.15, -0.1) is 48.7 Å². The number of benzene rings is 3. The first-order chi connectivity index (χ1) is 26.7. The van der Waals surface area contributed by atoms with Crippen LogP contribution in [0.15, 0.2) is 101 Å². The van der Waals surface area contributed by atoms with Gasteiger partial charge in [-0.3, -0.25) is 14.8 Å². The Kier molecular flexibility index (Phi) is 54.1. The molecule has 13 heteroatoms. The van der Waals surface area contributed by atoms with Crippen molar-refractivity contribution in [2.45, 2.75) is 0 Å². The molecule has 0 amide bonds. The van der Waals surface area contributed by atoms with Crippen LogP contribution in [0, 0.1) is 37.0 Å². The summed E-state index contributed by atoms with van der Waals surface area (Å²) in [6, 6.07) is 29.4. The Balaban J connectivity index is -0.000000148. The summed E-state index contributed by atoms with van der Waals surface area (Å²) in [5.41, 5.74) is 13.6. The van der Waals surface area contributed by atoms with Crippen LogP contribution < -0.4 is 23.9 Å². The molecule has 3 aromatic carbocycles. The number of alkyl halides is 1. The second kappa shape index (κ2) is 47.3. The average molecular weight is 985 g/mol. The summed E-state index contributed by atoms with van der Waals surface area (Å²) in [6.07, 6.45) is 19.8. The fraction of sp³-hybridized carbons (Fsp3) is 0.413. The first-order valence-corrected chi connectivity index (χ1v) is 19.6. The Morgan fingerprint density at radius 1 is 0.627 bits per heavy atom. The highest BCUT2D eigenvalue weighted by molar-refractivity contribution is 9.09. The zero-order valence-electron chi connectivity index (χ0n) is 36.7. The van der Waals surface area contributed by atoms with E-state index < -0.39 is 0 Å². The van der Waals surface area contributed by atoms with Gasteiger partial charge in [0.2, 0.25) is 0 Å². The summed E-state index contributed by atoms with van der Waals surface area (Å²) in [6.45, 7) is 8.55. The van der Waals surface area contributed by atoms with Crippen molar-refractivity contribution in [2.75, 3.05) is 127 Å². The molecular weight excluding hydrogens is 911 g/mol. The van der Waals surface area contributed by atoms with Crippen LogP contribution in [0.4, 0.5) is 0 Å². The van der Waals surface area contributed by atoms with Gasteiger partial charge in [-0.25, -0.2) is 0 Å². The Hall–Kier alpha value is -3.35. The van der Waals surface area contributed by atoms with E-state index in [1.54, 1.807) is 12.1 Å². The third-order valence-corrected chi connectivity index (χ3v) is 7.28. The molecule has 0 aliphatic heterocycles. The maximum Gasteiger partial charge on any atom is 0.150 e. The highest BCUT2D eigenvalue weighted by Crippen LogP contribution is 1.97. The summed E-state index contributed by atoms with van der Waals surface area (Å²) in [7, 11) is 16.5. The monoisotopic (exact) mass is 981 g/mol. The molecule has 0 unspecified atom stereocenters. The summed E-state index contributed by atoms with van der Waals surface area (Å²) in [5, 5.41) is 0.660. The number of hydrogen-bond donors (Lipinski definition) is 2. The van der Waals surface area contributed by atoms with E-state index in [4.69, 9.17) is 30.7 Å². The summed E-state index contributed by atoms with van der Waals surface area (Å²) < 4.78 is 1.65. The number of terminal acetylenes is 3.